The van der Waals surface area contributed by atoms with Gasteiger partial charge in [-0.1, -0.05) is 25.8 Å². The standard InChI is InChI=1S/C11H15NO/c1-2-3-4-5-8-11(13)12-9-6-7-10-12/h5-10H,2-4H2,1H3/b8-5+. The molecule has 0 aliphatic heterocycles. The number of carbonyl (C=O) groups is 1. The number of hydrogen-bond donors (Lipinski definition) is 0. The predicted molar refractivity (Wildman–Crippen MR) is 53.7 cm³/mol. The van der Waals surface area contributed by atoms with Gasteiger partial charge in [-0.3, -0.25) is 9.36 Å². The summed E-state index contributed by atoms with van der Waals surface area (Å²) in [5, 5.41) is 0. The summed E-state index contributed by atoms with van der Waals surface area (Å²) in [6.07, 6.45) is 10.4. The fraction of sp³-hybridized carbons (Fsp3) is 0.364. The van der Waals surface area contributed by atoms with Gasteiger partial charge in [0.1, 0.15) is 0 Å². The van der Waals surface area contributed by atoms with Gasteiger partial charge in [0.05, 0.1) is 0 Å². The normalized spacial score (nSPS) is 10.8. The monoisotopic (exact) mass is 177 g/mol. The zero-order chi connectivity index (χ0) is 9.52. The SMILES string of the molecule is CCCC/C=C/C(=O)n1cccc1. The molecule has 2 heteroatoms. The van der Waals surface area contributed by atoms with Crippen LogP contribution in [0.2, 0.25) is 0 Å². The van der Waals surface area contributed by atoms with E-state index >= 15 is 0 Å². The molecule has 1 aromatic heterocycles. The number of unbranched alkanes of at least 4 members (excludes halogenated alkanes) is 2. The Morgan fingerprint density at radius 2 is 2.08 bits per heavy atom. The van der Waals surface area contributed by atoms with Crippen LogP contribution in [-0.4, -0.2) is 10.5 Å². The molecule has 0 bridgehead atoms. The van der Waals surface area contributed by atoms with Crippen LogP contribution in [-0.2, 0) is 0 Å². The summed E-state index contributed by atoms with van der Waals surface area (Å²) in [7, 11) is 0. The molecule has 0 saturated carbocycles. The third-order valence-corrected chi connectivity index (χ3v) is 1.84. The molecule has 1 aromatic rings. The van der Waals surface area contributed by atoms with E-state index in [4.69, 9.17) is 0 Å². The van der Waals surface area contributed by atoms with E-state index in [1.807, 2.05) is 18.2 Å². The van der Waals surface area contributed by atoms with E-state index in [0.717, 1.165) is 12.8 Å². The Hall–Kier alpha value is -1.31. The van der Waals surface area contributed by atoms with Gasteiger partial charge in [-0.2, -0.15) is 0 Å². The molecule has 0 atom stereocenters. The van der Waals surface area contributed by atoms with Crippen molar-refractivity contribution in [3.63, 3.8) is 0 Å². The minimum atomic E-state index is 0.0288. The van der Waals surface area contributed by atoms with Gasteiger partial charge in [0.25, 0.3) is 5.91 Å². The van der Waals surface area contributed by atoms with Crippen LogP contribution in [0.3, 0.4) is 0 Å². The summed E-state index contributed by atoms with van der Waals surface area (Å²) in [6, 6.07) is 3.69. The summed E-state index contributed by atoms with van der Waals surface area (Å²) < 4.78 is 1.57. The third kappa shape index (κ3) is 3.28. The summed E-state index contributed by atoms with van der Waals surface area (Å²) in [6.45, 7) is 2.14. The number of aromatic nitrogens is 1. The van der Waals surface area contributed by atoms with E-state index in [1.54, 1.807) is 23.0 Å². The molecule has 70 valence electrons. The van der Waals surface area contributed by atoms with Gasteiger partial charge in [0, 0.05) is 12.4 Å². The molecule has 13 heavy (non-hydrogen) atoms. The molecule has 0 aromatic carbocycles. The molecular weight excluding hydrogens is 162 g/mol. The lowest BCUT2D eigenvalue weighted by molar-refractivity contribution is 0.0969. The Labute approximate surface area is 78.9 Å². The maximum Gasteiger partial charge on any atom is 0.254 e. The van der Waals surface area contributed by atoms with Gasteiger partial charge in [-0.25, -0.2) is 0 Å². The summed E-state index contributed by atoms with van der Waals surface area (Å²) in [5.74, 6) is 0.0288. The second-order valence-electron chi connectivity index (χ2n) is 2.97. The molecule has 0 saturated heterocycles. The molecule has 0 N–H and O–H groups in total. The van der Waals surface area contributed by atoms with Crippen LogP contribution < -0.4 is 0 Å². The number of nitrogens with zero attached hydrogens (tertiary/aromatic N) is 1. The lowest BCUT2D eigenvalue weighted by Gasteiger charge is -1.94. The van der Waals surface area contributed by atoms with Crippen molar-refractivity contribution in [2.75, 3.05) is 0 Å². The lowest BCUT2D eigenvalue weighted by atomic mass is 10.2. The third-order valence-electron chi connectivity index (χ3n) is 1.84. The van der Waals surface area contributed by atoms with Crippen LogP contribution in [0, 0.1) is 0 Å². The molecule has 0 aliphatic carbocycles. The summed E-state index contributed by atoms with van der Waals surface area (Å²) >= 11 is 0. The minimum Gasteiger partial charge on any atom is -0.291 e. The molecular formula is C11H15NO. The molecule has 0 spiro atoms. The average molecular weight is 177 g/mol. The fourth-order valence-corrected chi connectivity index (χ4v) is 1.07. The highest BCUT2D eigenvalue weighted by Gasteiger charge is 1.95. The van der Waals surface area contributed by atoms with Gasteiger partial charge in [0.15, 0.2) is 0 Å². The van der Waals surface area contributed by atoms with Gasteiger partial charge in [0.2, 0.25) is 0 Å². The molecule has 1 heterocycles. The minimum absolute atomic E-state index is 0.0288. The van der Waals surface area contributed by atoms with Crippen molar-refractivity contribution in [2.24, 2.45) is 0 Å². The average Bonchev–Trinajstić information content (AvgIpc) is 2.65. The number of carbonyl (C=O) groups excluding carboxylic acids is 1. The van der Waals surface area contributed by atoms with Crippen LogP contribution in [0.15, 0.2) is 36.7 Å². The topological polar surface area (TPSA) is 22.0 Å². The Morgan fingerprint density at radius 3 is 2.69 bits per heavy atom. The highest BCUT2D eigenvalue weighted by atomic mass is 16.1. The zero-order valence-electron chi connectivity index (χ0n) is 7.94. The first-order valence-electron chi connectivity index (χ1n) is 4.68. The van der Waals surface area contributed by atoms with Gasteiger partial charge in [-0.05, 0) is 24.6 Å². The van der Waals surface area contributed by atoms with E-state index in [1.165, 1.54) is 6.42 Å². The van der Waals surface area contributed by atoms with Gasteiger partial charge < -0.3 is 0 Å². The first-order valence-corrected chi connectivity index (χ1v) is 4.68. The van der Waals surface area contributed by atoms with Crippen LogP contribution in [0.1, 0.15) is 31.0 Å². The van der Waals surface area contributed by atoms with Crippen LogP contribution in [0.4, 0.5) is 0 Å². The van der Waals surface area contributed by atoms with Gasteiger partial charge in [-0.15, -0.1) is 0 Å². The van der Waals surface area contributed by atoms with Gasteiger partial charge >= 0.3 is 0 Å². The fourth-order valence-electron chi connectivity index (χ4n) is 1.07. The van der Waals surface area contributed by atoms with Crippen molar-refractivity contribution in [2.45, 2.75) is 26.2 Å². The zero-order valence-corrected chi connectivity index (χ0v) is 7.94. The largest absolute Gasteiger partial charge is 0.291 e. The summed E-state index contributed by atoms with van der Waals surface area (Å²) in [4.78, 5) is 11.3. The number of hydrogen-bond acceptors (Lipinski definition) is 1. The first kappa shape index (κ1) is 9.78. The van der Waals surface area contributed by atoms with E-state index in [-0.39, 0.29) is 5.91 Å². The van der Waals surface area contributed by atoms with Crippen molar-refractivity contribution < 1.29 is 4.79 Å². The molecule has 0 fully saturated rings. The summed E-state index contributed by atoms with van der Waals surface area (Å²) in [5.41, 5.74) is 0. The predicted octanol–water partition coefficient (Wildman–Crippen LogP) is 2.87. The van der Waals surface area contributed by atoms with Crippen molar-refractivity contribution in [3.8, 4) is 0 Å². The van der Waals surface area contributed by atoms with Crippen LogP contribution in [0.25, 0.3) is 0 Å². The molecule has 1 rings (SSSR count). The van der Waals surface area contributed by atoms with E-state index in [2.05, 4.69) is 6.92 Å². The van der Waals surface area contributed by atoms with Crippen LogP contribution >= 0.6 is 0 Å². The van der Waals surface area contributed by atoms with Crippen molar-refractivity contribution in [1.29, 1.82) is 0 Å². The van der Waals surface area contributed by atoms with E-state index < -0.39 is 0 Å². The molecule has 2 nitrogen and oxygen atoms in total. The molecule has 0 unspecified atom stereocenters. The highest BCUT2D eigenvalue weighted by molar-refractivity contribution is 5.89. The first-order chi connectivity index (χ1) is 6.34. The lowest BCUT2D eigenvalue weighted by Crippen LogP contribution is -2.03. The smallest absolute Gasteiger partial charge is 0.254 e. The maximum atomic E-state index is 11.3. The molecule has 0 radical (unpaired) electrons. The Balaban J connectivity index is 2.38. The molecule has 0 amide bonds. The molecule has 0 aliphatic rings. The van der Waals surface area contributed by atoms with Crippen molar-refractivity contribution >= 4 is 5.91 Å². The Kier molecular flexibility index (Phi) is 4.03. The Bertz CT molecular complexity index is 272. The Morgan fingerprint density at radius 1 is 1.38 bits per heavy atom. The van der Waals surface area contributed by atoms with E-state index in [0.29, 0.717) is 0 Å². The quantitative estimate of drug-likeness (QED) is 0.512. The van der Waals surface area contributed by atoms with E-state index in [9.17, 15) is 4.79 Å². The van der Waals surface area contributed by atoms with Crippen molar-refractivity contribution in [3.05, 3.63) is 36.7 Å². The second kappa shape index (κ2) is 5.36. The number of allylic oxidation sites excluding steroid dienone is 2. The highest BCUT2D eigenvalue weighted by Crippen LogP contribution is 1.96. The maximum absolute atomic E-state index is 11.3. The number of rotatable bonds is 4. The van der Waals surface area contributed by atoms with Crippen LogP contribution in [0.5, 0.6) is 0 Å². The second-order valence-corrected chi connectivity index (χ2v) is 2.97. The van der Waals surface area contributed by atoms with Crippen molar-refractivity contribution in [1.82, 2.24) is 4.57 Å².